The summed E-state index contributed by atoms with van der Waals surface area (Å²) in [6.07, 6.45) is -3.84. The summed E-state index contributed by atoms with van der Waals surface area (Å²) >= 11 is 0. The average Bonchev–Trinajstić information content (AvgIpc) is 3.76. The van der Waals surface area contributed by atoms with Crippen molar-refractivity contribution in [3.63, 3.8) is 0 Å². The van der Waals surface area contributed by atoms with Crippen LogP contribution in [-0.2, 0) is 21.0 Å². The third kappa shape index (κ3) is 5.65. The zero-order valence-corrected chi connectivity index (χ0v) is 22.1. The minimum atomic E-state index is -4.71. The molecule has 1 fully saturated rings. The van der Waals surface area contributed by atoms with E-state index in [0.29, 0.717) is 23.1 Å². The van der Waals surface area contributed by atoms with E-state index < -0.39 is 32.8 Å². The second-order valence-electron chi connectivity index (χ2n) is 9.78. The summed E-state index contributed by atoms with van der Waals surface area (Å²) in [7, 11) is -0.751. The number of carbonyl (C=O) groups is 1. The molecule has 1 aromatic heterocycles. The van der Waals surface area contributed by atoms with Gasteiger partial charge in [0.1, 0.15) is 17.7 Å². The number of hydrogen-bond donors (Lipinski definition) is 1. The Labute approximate surface area is 224 Å². The molecule has 1 aliphatic carbocycles. The molecule has 12 heteroatoms. The van der Waals surface area contributed by atoms with Crippen molar-refractivity contribution in [3.05, 3.63) is 66.2 Å². The molecule has 2 heterocycles. The molecule has 2 aromatic carbocycles. The first kappa shape index (κ1) is 26.8. The van der Waals surface area contributed by atoms with Gasteiger partial charge in [0.25, 0.3) is 10.0 Å². The number of benzene rings is 2. The van der Waals surface area contributed by atoms with Crippen molar-refractivity contribution in [3.8, 4) is 17.0 Å². The normalized spacial score (nSPS) is 17.3. The number of ether oxygens (including phenoxy) is 1. The Morgan fingerprint density at radius 3 is 2.54 bits per heavy atom. The minimum absolute atomic E-state index is 0.0428. The molecule has 0 unspecified atom stereocenters. The van der Waals surface area contributed by atoms with Gasteiger partial charge in [-0.05, 0) is 61.4 Å². The van der Waals surface area contributed by atoms with Gasteiger partial charge in [-0.1, -0.05) is 12.1 Å². The summed E-state index contributed by atoms with van der Waals surface area (Å²) in [5, 5.41) is 2.79. The lowest BCUT2D eigenvalue weighted by molar-refractivity contribution is -0.137. The fourth-order valence-electron chi connectivity index (χ4n) is 4.30. The number of halogens is 3. The molecule has 2 aliphatic rings. The van der Waals surface area contributed by atoms with E-state index in [1.165, 1.54) is 0 Å². The van der Waals surface area contributed by atoms with Crippen LogP contribution in [0.1, 0.15) is 18.4 Å². The number of nitrogens with zero attached hydrogens (tertiary/aromatic N) is 3. The van der Waals surface area contributed by atoms with Crippen molar-refractivity contribution in [2.45, 2.75) is 30.0 Å². The molecule has 39 heavy (non-hydrogen) atoms. The maximum absolute atomic E-state index is 13.8. The Morgan fingerprint density at radius 1 is 1.10 bits per heavy atom. The van der Waals surface area contributed by atoms with Gasteiger partial charge in [-0.25, -0.2) is 13.4 Å². The van der Waals surface area contributed by atoms with E-state index in [1.807, 2.05) is 31.1 Å². The Balaban J connectivity index is 1.55. The molecule has 1 N–H and O–H groups in total. The first-order valence-corrected chi connectivity index (χ1v) is 13.8. The van der Waals surface area contributed by atoms with Gasteiger partial charge in [0.2, 0.25) is 5.91 Å². The largest absolute Gasteiger partial charge is 0.484 e. The van der Waals surface area contributed by atoms with E-state index >= 15 is 0 Å². The van der Waals surface area contributed by atoms with Crippen LogP contribution in [0.2, 0.25) is 0 Å². The van der Waals surface area contributed by atoms with Crippen molar-refractivity contribution >= 4 is 27.4 Å². The number of anilines is 2. The van der Waals surface area contributed by atoms with Crippen molar-refractivity contribution in [2.24, 2.45) is 5.92 Å². The summed E-state index contributed by atoms with van der Waals surface area (Å²) in [5.74, 6) is 0.758. The Bertz CT molecular complexity index is 1510. The molecule has 1 atom stereocenters. The maximum atomic E-state index is 13.8. The number of fused-ring (bicyclic) bond motifs is 1. The number of alkyl halides is 3. The Hall–Kier alpha value is -3.80. The van der Waals surface area contributed by atoms with Crippen molar-refractivity contribution in [2.75, 3.05) is 36.4 Å². The molecule has 0 spiro atoms. The van der Waals surface area contributed by atoms with Crippen LogP contribution in [-0.4, -0.2) is 52.6 Å². The SMILES string of the molecule is CN(C)c1cccc(-c2ccc3c(c2)N(S(=O)(=O)c2cccc(C(F)(F)F)c2)C[C@H](CNC(=O)C2CC2)O3)n1. The number of nitrogens with one attached hydrogen (secondary N) is 1. The zero-order chi connectivity index (χ0) is 27.9. The predicted molar refractivity (Wildman–Crippen MR) is 140 cm³/mol. The van der Waals surface area contributed by atoms with Crippen LogP contribution >= 0.6 is 0 Å². The van der Waals surface area contributed by atoms with Gasteiger partial charge in [0.15, 0.2) is 0 Å². The predicted octanol–water partition coefficient (Wildman–Crippen LogP) is 4.32. The van der Waals surface area contributed by atoms with Gasteiger partial charge in [-0.3, -0.25) is 9.10 Å². The van der Waals surface area contributed by atoms with Gasteiger partial charge in [-0.2, -0.15) is 13.2 Å². The topological polar surface area (TPSA) is 91.8 Å². The quantitative estimate of drug-likeness (QED) is 0.463. The summed E-state index contributed by atoms with van der Waals surface area (Å²) in [5.41, 5.74) is 0.292. The molecule has 5 rings (SSSR count). The number of amides is 1. The number of aromatic nitrogens is 1. The highest BCUT2D eigenvalue weighted by atomic mass is 32.2. The fourth-order valence-corrected chi connectivity index (χ4v) is 5.85. The highest BCUT2D eigenvalue weighted by Gasteiger charge is 2.38. The van der Waals surface area contributed by atoms with Crippen molar-refractivity contribution in [1.29, 1.82) is 0 Å². The molecule has 0 bridgehead atoms. The van der Waals surface area contributed by atoms with Gasteiger partial charge in [0, 0.05) is 25.6 Å². The van der Waals surface area contributed by atoms with E-state index in [9.17, 15) is 26.4 Å². The van der Waals surface area contributed by atoms with Crippen LogP contribution in [0.5, 0.6) is 5.75 Å². The van der Waals surface area contributed by atoms with Gasteiger partial charge >= 0.3 is 6.18 Å². The lowest BCUT2D eigenvalue weighted by Gasteiger charge is -2.36. The zero-order valence-electron chi connectivity index (χ0n) is 21.3. The number of hydrogen-bond acceptors (Lipinski definition) is 6. The number of sulfonamides is 1. The highest BCUT2D eigenvalue weighted by molar-refractivity contribution is 7.92. The van der Waals surface area contributed by atoms with Crippen LogP contribution in [0.15, 0.2) is 65.6 Å². The molecule has 3 aromatic rings. The number of rotatable bonds is 7. The summed E-state index contributed by atoms with van der Waals surface area (Å²) in [4.78, 5) is 18.1. The molecule has 206 valence electrons. The van der Waals surface area contributed by atoms with E-state index in [2.05, 4.69) is 10.3 Å². The summed E-state index contributed by atoms with van der Waals surface area (Å²) < 4.78 is 74.9. The average molecular weight is 561 g/mol. The van der Waals surface area contributed by atoms with Gasteiger partial charge < -0.3 is 15.0 Å². The van der Waals surface area contributed by atoms with Crippen LogP contribution in [0.25, 0.3) is 11.3 Å². The van der Waals surface area contributed by atoms with Gasteiger partial charge in [-0.15, -0.1) is 0 Å². The van der Waals surface area contributed by atoms with E-state index in [0.717, 1.165) is 35.3 Å². The van der Waals surface area contributed by atoms with Crippen LogP contribution in [0.4, 0.5) is 24.7 Å². The van der Waals surface area contributed by atoms with Crippen LogP contribution in [0.3, 0.4) is 0 Å². The second kappa shape index (κ2) is 10.1. The third-order valence-electron chi connectivity index (χ3n) is 6.58. The Kier molecular flexibility index (Phi) is 6.91. The van der Waals surface area contributed by atoms with Gasteiger partial charge in [0.05, 0.1) is 34.9 Å². The lowest BCUT2D eigenvalue weighted by atomic mass is 10.1. The lowest BCUT2D eigenvalue weighted by Crippen LogP contribution is -2.48. The second-order valence-corrected chi connectivity index (χ2v) is 11.6. The molecular formula is C27H27F3N4O4S. The molecule has 8 nitrogen and oxygen atoms in total. The van der Waals surface area contributed by atoms with Crippen molar-refractivity contribution in [1.82, 2.24) is 10.3 Å². The maximum Gasteiger partial charge on any atom is 0.416 e. The summed E-state index contributed by atoms with van der Waals surface area (Å²) in [6, 6.07) is 14.0. The highest BCUT2D eigenvalue weighted by Crippen LogP contribution is 2.40. The number of pyridine rings is 1. The summed E-state index contributed by atoms with van der Waals surface area (Å²) in [6.45, 7) is -0.150. The third-order valence-corrected chi connectivity index (χ3v) is 8.36. The smallest absolute Gasteiger partial charge is 0.416 e. The standard InChI is InChI=1S/C27H27F3N4O4S/c1-33(2)25-8-4-7-22(32-25)18-11-12-24-23(13-18)34(16-20(38-24)15-31-26(35)17-9-10-17)39(36,37)21-6-3-5-19(14-21)27(28,29)30/h3-8,11-14,17,20H,9-10,15-16H2,1-2H3,(H,31,35)/t20-/m0/s1. The minimum Gasteiger partial charge on any atom is -0.484 e. The first-order chi connectivity index (χ1) is 18.4. The van der Waals surface area contributed by atoms with E-state index in [1.54, 1.807) is 24.3 Å². The monoisotopic (exact) mass is 560 g/mol. The molecular weight excluding hydrogens is 533 g/mol. The first-order valence-electron chi connectivity index (χ1n) is 12.4. The molecule has 1 amide bonds. The molecule has 0 radical (unpaired) electrons. The van der Waals surface area contributed by atoms with Crippen LogP contribution in [0, 0.1) is 5.92 Å². The van der Waals surface area contributed by atoms with Crippen molar-refractivity contribution < 1.29 is 31.1 Å². The van der Waals surface area contributed by atoms with E-state index in [-0.39, 0.29) is 36.4 Å². The number of carbonyl (C=O) groups excluding carboxylic acids is 1. The van der Waals surface area contributed by atoms with Crippen LogP contribution < -0.4 is 19.3 Å². The molecule has 0 saturated heterocycles. The molecule has 1 saturated carbocycles. The Morgan fingerprint density at radius 2 is 1.85 bits per heavy atom. The van der Waals surface area contributed by atoms with E-state index in [4.69, 9.17) is 4.74 Å². The molecule has 1 aliphatic heterocycles. The fraction of sp³-hybridized carbons (Fsp3) is 0.333.